The van der Waals surface area contributed by atoms with Crippen LogP contribution in [0, 0.1) is 0 Å². The van der Waals surface area contributed by atoms with E-state index in [1.807, 2.05) is 24.3 Å². The minimum absolute atomic E-state index is 0.0120. The van der Waals surface area contributed by atoms with E-state index in [0.717, 1.165) is 38.2 Å². The number of benzene rings is 1. The van der Waals surface area contributed by atoms with Crippen LogP contribution >= 0.6 is 0 Å². The van der Waals surface area contributed by atoms with Gasteiger partial charge in [-0.1, -0.05) is 12.1 Å². The van der Waals surface area contributed by atoms with Crippen molar-refractivity contribution >= 4 is 0 Å². The molecule has 2 saturated heterocycles. The van der Waals surface area contributed by atoms with Crippen molar-refractivity contribution < 1.29 is 24.8 Å². The van der Waals surface area contributed by atoms with Crippen LogP contribution in [0.25, 0.3) is 0 Å². The summed E-state index contributed by atoms with van der Waals surface area (Å²) in [4.78, 5) is 2.34. The van der Waals surface area contributed by atoms with Crippen molar-refractivity contribution in [1.82, 2.24) is 4.90 Å². The van der Waals surface area contributed by atoms with Gasteiger partial charge in [-0.15, -0.1) is 0 Å². The summed E-state index contributed by atoms with van der Waals surface area (Å²) >= 11 is 0. The lowest BCUT2D eigenvalue weighted by atomic mass is 9.75. The maximum absolute atomic E-state index is 10.6. The predicted octanol–water partition coefficient (Wildman–Crippen LogP) is 0.924. The summed E-state index contributed by atoms with van der Waals surface area (Å²) in [6, 6.07) is 7.91. The van der Waals surface area contributed by atoms with E-state index >= 15 is 0 Å². The van der Waals surface area contributed by atoms with Gasteiger partial charge in [0.25, 0.3) is 0 Å². The topological polar surface area (TPSA) is 82.4 Å². The highest BCUT2D eigenvalue weighted by atomic mass is 16.5. The van der Waals surface area contributed by atoms with E-state index in [0.29, 0.717) is 19.6 Å². The third-order valence-electron chi connectivity index (χ3n) is 5.48. The molecule has 3 N–H and O–H groups in total. The van der Waals surface area contributed by atoms with Crippen molar-refractivity contribution in [3.63, 3.8) is 0 Å². The smallest absolute Gasteiger partial charge is 0.119 e. The van der Waals surface area contributed by atoms with E-state index in [1.165, 1.54) is 5.56 Å². The van der Waals surface area contributed by atoms with Gasteiger partial charge in [-0.05, 0) is 37.5 Å². The van der Waals surface area contributed by atoms with E-state index in [-0.39, 0.29) is 6.61 Å². The molecule has 3 rings (SSSR count). The Morgan fingerprint density at radius 1 is 1.20 bits per heavy atom. The molecule has 0 amide bonds. The van der Waals surface area contributed by atoms with Gasteiger partial charge >= 0.3 is 0 Å². The summed E-state index contributed by atoms with van der Waals surface area (Å²) in [5.41, 5.74) is -0.477. The third-order valence-corrected chi connectivity index (χ3v) is 5.48. The Morgan fingerprint density at radius 2 is 1.88 bits per heavy atom. The first kappa shape index (κ1) is 18.6. The number of hydrogen-bond donors (Lipinski definition) is 3. The molecule has 6 heteroatoms. The lowest BCUT2D eigenvalue weighted by Gasteiger charge is -2.51. The number of piperidine rings is 1. The van der Waals surface area contributed by atoms with Crippen LogP contribution < -0.4 is 4.74 Å². The maximum atomic E-state index is 10.6. The number of rotatable bonds is 5. The van der Waals surface area contributed by atoms with Crippen LogP contribution in [-0.2, 0) is 11.3 Å². The van der Waals surface area contributed by atoms with E-state index < -0.39 is 17.3 Å². The molecule has 2 aliphatic heterocycles. The number of aliphatic hydroxyl groups is 3. The first-order chi connectivity index (χ1) is 12.0. The Balaban J connectivity index is 1.54. The second-order valence-electron chi connectivity index (χ2n) is 7.42. The fraction of sp³-hybridized carbons (Fsp3) is 0.684. The molecule has 0 aromatic heterocycles. The number of aliphatic hydroxyl groups excluding tert-OH is 2. The van der Waals surface area contributed by atoms with Gasteiger partial charge in [0.15, 0.2) is 0 Å². The molecule has 2 heterocycles. The fourth-order valence-electron chi connectivity index (χ4n) is 3.86. The lowest BCUT2D eigenvalue weighted by Crippen LogP contribution is -2.64. The molecule has 2 fully saturated rings. The number of likely N-dealkylation sites (tertiary alicyclic amines) is 1. The number of ether oxygens (including phenoxy) is 2. The summed E-state index contributed by atoms with van der Waals surface area (Å²) in [6.07, 6.45) is 1.09. The molecule has 0 aliphatic carbocycles. The minimum atomic E-state index is -1.06. The van der Waals surface area contributed by atoms with Gasteiger partial charge < -0.3 is 24.8 Å². The van der Waals surface area contributed by atoms with Crippen molar-refractivity contribution in [1.29, 1.82) is 0 Å². The Kier molecular flexibility index (Phi) is 5.65. The molecule has 25 heavy (non-hydrogen) atoms. The summed E-state index contributed by atoms with van der Waals surface area (Å²) in [5, 5.41) is 29.7. The van der Waals surface area contributed by atoms with Crippen molar-refractivity contribution in [2.75, 3.05) is 32.9 Å². The van der Waals surface area contributed by atoms with E-state index in [9.17, 15) is 10.2 Å². The first-order valence-electron chi connectivity index (χ1n) is 9.05. The van der Waals surface area contributed by atoms with Crippen LogP contribution in [0.1, 0.15) is 31.7 Å². The molecule has 1 aromatic carbocycles. The van der Waals surface area contributed by atoms with Gasteiger partial charge in [-0.2, -0.15) is 0 Å². The predicted molar refractivity (Wildman–Crippen MR) is 93.5 cm³/mol. The fourth-order valence-corrected chi connectivity index (χ4v) is 3.86. The highest BCUT2D eigenvalue weighted by Gasteiger charge is 2.52. The molecule has 1 aromatic rings. The van der Waals surface area contributed by atoms with E-state index in [1.54, 1.807) is 6.92 Å². The summed E-state index contributed by atoms with van der Waals surface area (Å²) < 4.78 is 11.3. The normalized spacial score (nSPS) is 29.7. The Bertz CT molecular complexity index is 551. The average molecular weight is 351 g/mol. The molecule has 2 atom stereocenters. The summed E-state index contributed by atoms with van der Waals surface area (Å²) in [7, 11) is 0. The molecule has 0 radical (unpaired) electrons. The highest BCUT2D eigenvalue weighted by Crippen LogP contribution is 2.39. The molecule has 0 bridgehead atoms. The van der Waals surface area contributed by atoms with Crippen LogP contribution in [0.4, 0.5) is 0 Å². The molecule has 0 saturated carbocycles. The zero-order valence-corrected chi connectivity index (χ0v) is 14.9. The third kappa shape index (κ3) is 4.15. The van der Waals surface area contributed by atoms with Gasteiger partial charge in [-0.3, -0.25) is 4.90 Å². The van der Waals surface area contributed by atoms with Crippen molar-refractivity contribution in [2.24, 2.45) is 0 Å². The molecule has 140 valence electrons. The Hall–Kier alpha value is -1.18. The van der Waals surface area contributed by atoms with E-state index in [4.69, 9.17) is 14.6 Å². The van der Waals surface area contributed by atoms with Gasteiger partial charge in [0, 0.05) is 26.1 Å². The zero-order chi connectivity index (χ0) is 17.9. The Labute approximate surface area is 149 Å². The Morgan fingerprint density at radius 3 is 2.52 bits per heavy atom. The number of nitrogens with zero attached hydrogens (tertiary/aromatic N) is 1. The monoisotopic (exact) mass is 351 g/mol. The van der Waals surface area contributed by atoms with Gasteiger partial charge in [0.1, 0.15) is 18.5 Å². The van der Waals surface area contributed by atoms with Gasteiger partial charge in [-0.25, -0.2) is 0 Å². The minimum Gasteiger partial charge on any atom is -0.491 e. The van der Waals surface area contributed by atoms with Gasteiger partial charge in [0.05, 0.1) is 24.4 Å². The van der Waals surface area contributed by atoms with Crippen molar-refractivity contribution in [3.8, 4) is 5.75 Å². The van der Waals surface area contributed by atoms with Crippen molar-refractivity contribution in [2.45, 2.75) is 50.0 Å². The van der Waals surface area contributed by atoms with Crippen LogP contribution in [0.2, 0.25) is 0 Å². The van der Waals surface area contributed by atoms with Crippen LogP contribution in [0.5, 0.6) is 5.75 Å². The van der Waals surface area contributed by atoms with Crippen LogP contribution in [-0.4, -0.2) is 70.4 Å². The van der Waals surface area contributed by atoms with Gasteiger partial charge in [0.2, 0.25) is 0 Å². The second-order valence-corrected chi connectivity index (χ2v) is 7.42. The summed E-state index contributed by atoms with van der Waals surface area (Å²) in [5.74, 6) is 0.761. The summed E-state index contributed by atoms with van der Waals surface area (Å²) in [6.45, 7) is 5.01. The quantitative estimate of drug-likeness (QED) is 0.732. The molecule has 2 aliphatic rings. The lowest BCUT2D eigenvalue weighted by molar-refractivity contribution is -0.246. The molecular formula is C19H29NO5. The zero-order valence-electron chi connectivity index (χ0n) is 14.9. The molecule has 6 nitrogen and oxygen atoms in total. The second kappa shape index (κ2) is 7.60. The highest BCUT2D eigenvalue weighted by molar-refractivity contribution is 5.27. The van der Waals surface area contributed by atoms with Crippen LogP contribution in [0.3, 0.4) is 0 Å². The maximum Gasteiger partial charge on any atom is 0.119 e. The largest absolute Gasteiger partial charge is 0.491 e. The van der Waals surface area contributed by atoms with Crippen molar-refractivity contribution in [3.05, 3.63) is 29.8 Å². The standard InChI is InChI=1S/C19H29NO5/c1-18(23)8-12-25-19(17(18)22)6-9-20(10-7-19)14-15-2-4-16(5-3-15)24-13-11-21/h2-5,17,21-23H,6-14H2,1H3/t17-,18+/m0/s1. The molecule has 0 unspecified atom stereocenters. The first-order valence-corrected chi connectivity index (χ1v) is 9.05. The SMILES string of the molecule is C[C@@]1(O)CCOC2(CCN(Cc3ccc(OCCO)cc3)CC2)[C@H]1O. The van der Waals surface area contributed by atoms with E-state index in [2.05, 4.69) is 4.90 Å². The molecule has 1 spiro atoms. The van der Waals surface area contributed by atoms with Crippen LogP contribution in [0.15, 0.2) is 24.3 Å². The molecular weight excluding hydrogens is 322 g/mol. The number of hydrogen-bond acceptors (Lipinski definition) is 6. The average Bonchev–Trinajstić information content (AvgIpc) is 2.61.